The van der Waals surface area contributed by atoms with Gasteiger partial charge >= 0.3 is 0 Å². The van der Waals surface area contributed by atoms with Crippen molar-refractivity contribution in [3.8, 4) is 44.5 Å². The Morgan fingerprint density at radius 3 is 1.40 bits per heavy atom. The number of nitrogens with zero attached hydrogens (tertiary/aromatic N) is 2. The molecule has 1 heterocycles. The van der Waals surface area contributed by atoms with Crippen molar-refractivity contribution in [3.63, 3.8) is 0 Å². The van der Waals surface area contributed by atoms with Crippen molar-refractivity contribution in [2.75, 3.05) is 9.80 Å². The Morgan fingerprint density at radius 2 is 0.743 bits per heavy atom. The van der Waals surface area contributed by atoms with Crippen molar-refractivity contribution in [2.45, 2.75) is 19.3 Å². The zero-order valence-electron chi connectivity index (χ0n) is 39.1. The van der Waals surface area contributed by atoms with Crippen LogP contribution in [0.1, 0.15) is 25.0 Å². The number of benzene rings is 11. The SMILES string of the molecule is CC1(C)c2cc(N(c3ccccc3)c3ccc(-c4ccc(-c5ccccc5)cc4)cc3)ccc2-c2ccc(N(c3ccc(-c4ccc5oc6ccccc6c5c4)cc3)c3cccc4ccccc34)cc21. The number of rotatable bonds is 9. The van der Waals surface area contributed by atoms with E-state index in [2.05, 4.69) is 266 Å². The Bertz CT molecular complexity index is 3880. The molecule has 11 aromatic carbocycles. The van der Waals surface area contributed by atoms with Gasteiger partial charge in [-0.3, -0.25) is 0 Å². The highest BCUT2D eigenvalue weighted by atomic mass is 16.3. The minimum atomic E-state index is -0.279. The van der Waals surface area contributed by atoms with Crippen LogP contribution in [0, 0.1) is 0 Å². The zero-order chi connectivity index (χ0) is 46.8. The number of anilines is 6. The highest BCUT2D eigenvalue weighted by Crippen LogP contribution is 2.53. The summed E-state index contributed by atoms with van der Waals surface area (Å²) in [5, 5.41) is 4.68. The Hall–Kier alpha value is -8.92. The van der Waals surface area contributed by atoms with Crippen LogP contribution in [0.5, 0.6) is 0 Å². The molecule has 3 nitrogen and oxygen atoms in total. The van der Waals surface area contributed by atoms with E-state index >= 15 is 0 Å². The summed E-state index contributed by atoms with van der Waals surface area (Å²) in [5.74, 6) is 0. The fraction of sp³-hybridized carbons (Fsp3) is 0.0448. The first-order valence-corrected chi connectivity index (χ1v) is 24.1. The monoisotopic (exact) mass is 896 g/mol. The van der Waals surface area contributed by atoms with E-state index in [-0.39, 0.29) is 5.41 Å². The number of fused-ring (bicyclic) bond motifs is 7. The van der Waals surface area contributed by atoms with Gasteiger partial charge in [-0.15, -0.1) is 0 Å². The summed E-state index contributed by atoms with van der Waals surface area (Å²) in [5.41, 5.74) is 20.6. The van der Waals surface area contributed by atoms with E-state index in [1.165, 1.54) is 55.3 Å². The quantitative estimate of drug-likeness (QED) is 0.144. The molecule has 0 atom stereocenters. The van der Waals surface area contributed by atoms with E-state index in [1.54, 1.807) is 0 Å². The van der Waals surface area contributed by atoms with E-state index in [0.29, 0.717) is 0 Å². The van der Waals surface area contributed by atoms with Crippen LogP contribution >= 0.6 is 0 Å². The van der Waals surface area contributed by atoms with E-state index in [1.807, 2.05) is 12.1 Å². The van der Waals surface area contributed by atoms with Crippen molar-refractivity contribution in [3.05, 3.63) is 266 Å². The Morgan fingerprint density at radius 1 is 0.300 bits per heavy atom. The molecule has 12 aromatic rings. The summed E-state index contributed by atoms with van der Waals surface area (Å²) in [6, 6.07) is 92.4. The smallest absolute Gasteiger partial charge is 0.135 e. The van der Waals surface area contributed by atoms with Gasteiger partial charge in [0.2, 0.25) is 0 Å². The largest absolute Gasteiger partial charge is 0.456 e. The van der Waals surface area contributed by atoms with Gasteiger partial charge in [-0.1, -0.05) is 184 Å². The first kappa shape index (κ1) is 41.3. The standard InChI is InChI=1S/C67H48N2O/c1-67(2)62-43-55(68(52-18-7-4-8-19-52)53-33-28-48(29-34-53)47-26-24-46(25-27-47)45-14-5-3-6-15-45)37-39-58(62)59-40-38-56(44-63(59)67)69(64-22-13-17-50-16-9-10-20-57(50)64)54-35-30-49(31-36-54)51-32-41-66-61(42-51)60-21-11-12-23-65(60)70-66/h3-44H,1-2H3. The molecule has 1 aliphatic rings. The third kappa shape index (κ3) is 7.05. The van der Waals surface area contributed by atoms with Gasteiger partial charge in [-0.25, -0.2) is 0 Å². The van der Waals surface area contributed by atoms with Crippen LogP contribution in [0.4, 0.5) is 34.1 Å². The van der Waals surface area contributed by atoms with Crippen molar-refractivity contribution in [1.29, 1.82) is 0 Å². The van der Waals surface area contributed by atoms with Gasteiger partial charge in [-0.05, 0) is 146 Å². The molecule has 0 fully saturated rings. The summed E-state index contributed by atoms with van der Waals surface area (Å²) in [7, 11) is 0. The van der Waals surface area contributed by atoms with Gasteiger partial charge in [-0.2, -0.15) is 0 Å². The predicted molar refractivity (Wildman–Crippen MR) is 294 cm³/mol. The van der Waals surface area contributed by atoms with Gasteiger partial charge in [0.25, 0.3) is 0 Å². The van der Waals surface area contributed by atoms with Gasteiger partial charge in [0.15, 0.2) is 0 Å². The lowest BCUT2D eigenvalue weighted by atomic mass is 9.82. The second-order valence-electron chi connectivity index (χ2n) is 18.9. The summed E-state index contributed by atoms with van der Waals surface area (Å²) >= 11 is 0. The molecule has 70 heavy (non-hydrogen) atoms. The van der Waals surface area contributed by atoms with Crippen molar-refractivity contribution in [1.82, 2.24) is 0 Å². The lowest BCUT2D eigenvalue weighted by Crippen LogP contribution is -2.17. The maximum absolute atomic E-state index is 6.17. The van der Waals surface area contributed by atoms with Gasteiger partial charge in [0.05, 0.1) is 5.69 Å². The topological polar surface area (TPSA) is 19.6 Å². The molecule has 0 saturated heterocycles. The third-order valence-electron chi connectivity index (χ3n) is 14.5. The molecule has 0 radical (unpaired) electrons. The second-order valence-corrected chi connectivity index (χ2v) is 18.9. The first-order valence-electron chi connectivity index (χ1n) is 24.1. The minimum Gasteiger partial charge on any atom is -0.456 e. The molecule has 0 saturated carbocycles. The van der Waals surface area contributed by atoms with E-state index in [9.17, 15) is 0 Å². The Labute approximate surface area is 408 Å². The predicted octanol–water partition coefficient (Wildman–Crippen LogP) is 19.0. The molecule has 0 N–H and O–H groups in total. The molecule has 0 bridgehead atoms. The Balaban J connectivity index is 0.859. The molecular formula is C67H48N2O. The fourth-order valence-electron chi connectivity index (χ4n) is 10.8. The summed E-state index contributed by atoms with van der Waals surface area (Å²) in [6.45, 7) is 4.76. The molecule has 3 heteroatoms. The van der Waals surface area contributed by atoms with E-state index in [0.717, 1.165) is 67.2 Å². The van der Waals surface area contributed by atoms with Crippen LogP contribution in [0.25, 0.3) is 77.2 Å². The first-order chi connectivity index (χ1) is 34.4. The fourth-order valence-corrected chi connectivity index (χ4v) is 10.8. The minimum absolute atomic E-state index is 0.279. The maximum atomic E-state index is 6.17. The van der Waals surface area contributed by atoms with Crippen LogP contribution < -0.4 is 9.80 Å². The normalized spacial score (nSPS) is 12.5. The lowest BCUT2D eigenvalue weighted by molar-refractivity contribution is 0.660. The average molecular weight is 897 g/mol. The second kappa shape index (κ2) is 16.7. The van der Waals surface area contributed by atoms with Gasteiger partial charge in [0, 0.05) is 50.0 Å². The molecule has 332 valence electrons. The molecule has 0 spiro atoms. The molecule has 0 unspecified atom stereocenters. The van der Waals surface area contributed by atoms with Crippen LogP contribution in [-0.4, -0.2) is 0 Å². The molecule has 1 aromatic heterocycles. The molecule has 0 amide bonds. The molecule has 1 aliphatic carbocycles. The van der Waals surface area contributed by atoms with Crippen LogP contribution in [0.2, 0.25) is 0 Å². The van der Waals surface area contributed by atoms with E-state index < -0.39 is 0 Å². The summed E-state index contributed by atoms with van der Waals surface area (Å²) in [6.07, 6.45) is 0. The number of hydrogen-bond donors (Lipinski definition) is 0. The van der Waals surface area contributed by atoms with E-state index in [4.69, 9.17) is 4.42 Å². The molecule has 13 rings (SSSR count). The van der Waals surface area contributed by atoms with Gasteiger partial charge in [0.1, 0.15) is 11.2 Å². The molecular weight excluding hydrogens is 849 g/mol. The highest BCUT2D eigenvalue weighted by Gasteiger charge is 2.37. The van der Waals surface area contributed by atoms with Crippen LogP contribution in [-0.2, 0) is 5.41 Å². The summed E-state index contributed by atoms with van der Waals surface area (Å²) < 4.78 is 6.17. The van der Waals surface area contributed by atoms with Crippen LogP contribution in [0.3, 0.4) is 0 Å². The van der Waals surface area contributed by atoms with Crippen molar-refractivity contribution >= 4 is 66.8 Å². The highest BCUT2D eigenvalue weighted by molar-refractivity contribution is 6.06. The van der Waals surface area contributed by atoms with Crippen molar-refractivity contribution < 1.29 is 4.42 Å². The maximum Gasteiger partial charge on any atom is 0.135 e. The van der Waals surface area contributed by atoms with Gasteiger partial charge < -0.3 is 14.2 Å². The summed E-state index contributed by atoms with van der Waals surface area (Å²) in [4.78, 5) is 4.82. The third-order valence-corrected chi connectivity index (χ3v) is 14.5. The average Bonchev–Trinajstić information content (AvgIpc) is 3.90. The zero-order valence-corrected chi connectivity index (χ0v) is 39.1. The number of para-hydroxylation sites is 2. The number of furan rings is 1. The lowest BCUT2D eigenvalue weighted by Gasteiger charge is -2.30. The Kier molecular flexibility index (Phi) is 9.85. The van der Waals surface area contributed by atoms with Crippen LogP contribution in [0.15, 0.2) is 259 Å². The number of hydrogen-bond acceptors (Lipinski definition) is 3. The van der Waals surface area contributed by atoms with Crippen molar-refractivity contribution in [2.24, 2.45) is 0 Å². The molecule has 0 aliphatic heterocycles.